The molecule has 0 aromatic heterocycles. The second-order valence-electron chi connectivity index (χ2n) is 5.59. The molecule has 25 heavy (non-hydrogen) atoms. The zero-order chi connectivity index (χ0) is 19.0. The molecule has 0 aromatic carbocycles. The van der Waals surface area contributed by atoms with Gasteiger partial charge in [0.1, 0.15) is 6.04 Å². The van der Waals surface area contributed by atoms with Crippen LogP contribution < -0.4 is 33.6 Å². The maximum atomic E-state index is 12.4. The molecular formula is C13H25N9O3. The van der Waals surface area contributed by atoms with Crippen molar-refractivity contribution in [2.45, 2.75) is 31.3 Å². The molecule has 1 saturated heterocycles. The summed E-state index contributed by atoms with van der Waals surface area (Å²) in [6, 6.07) is -2.01. The van der Waals surface area contributed by atoms with E-state index in [9.17, 15) is 14.4 Å². The Labute approximate surface area is 145 Å². The van der Waals surface area contributed by atoms with E-state index in [1.165, 1.54) is 11.9 Å². The van der Waals surface area contributed by atoms with Gasteiger partial charge in [0.05, 0.1) is 6.54 Å². The average molecular weight is 355 g/mol. The molecular weight excluding hydrogens is 330 g/mol. The number of primary amides is 1. The van der Waals surface area contributed by atoms with Gasteiger partial charge in [-0.15, -0.1) is 0 Å². The third kappa shape index (κ3) is 6.93. The van der Waals surface area contributed by atoms with Crippen molar-refractivity contribution < 1.29 is 14.4 Å². The molecule has 0 bridgehead atoms. The van der Waals surface area contributed by atoms with Crippen LogP contribution in [0, 0.1) is 0 Å². The lowest BCUT2D eigenvalue weighted by Gasteiger charge is -2.22. The van der Waals surface area contributed by atoms with Gasteiger partial charge in [0.15, 0.2) is 11.9 Å². The van der Waals surface area contributed by atoms with Crippen LogP contribution in [0.15, 0.2) is 9.98 Å². The number of likely N-dealkylation sites (N-methyl/N-ethyl adjacent to an activating group) is 1. The molecule has 10 N–H and O–H groups in total. The van der Waals surface area contributed by atoms with Gasteiger partial charge in [-0.1, -0.05) is 0 Å². The van der Waals surface area contributed by atoms with Gasteiger partial charge in [-0.3, -0.25) is 24.9 Å². The van der Waals surface area contributed by atoms with Crippen LogP contribution in [0.4, 0.5) is 4.79 Å². The number of rotatable bonds is 6. The molecule has 0 aromatic rings. The van der Waals surface area contributed by atoms with E-state index in [0.717, 1.165) is 0 Å². The lowest BCUT2D eigenvalue weighted by Crippen LogP contribution is -2.48. The number of carbonyl (C=O) groups excluding carboxylic acids is 3. The van der Waals surface area contributed by atoms with Crippen molar-refractivity contribution in [2.24, 2.45) is 32.9 Å². The van der Waals surface area contributed by atoms with Gasteiger partial charge in [-0.25, -0.2) is 4.79 Å². The van der Waals surface area contributed by atoms with Crippen molar-refractivity contribution in [3.05, 3.63) is 0 Å². The molecule has 1 aliphatic heterocycles. The van der Waals surface area contributed by atoms with Crippen LogP contribution >= 0.6 is 0 Å². The van der Waals surface area contributed by atoms with E-state index < -0.39 is 12.1 Å². The summed E-state index contributed by atoms with van der Waals surface area (Å²) < 4.78 is 0. The minimum absolute atomic E-state index is 0.000737. The number of nitrogens with one attached hydrogen (secondary N) is 2. The highest BCUT2D eigenvalue weighted by Gasteiger charge is 2.33. The summed E-state index contributed by atoms with van der Waals surface area (Å²) in [6.45, 7) is 0.322. The number of aliphatic imine (C=N–C) groups is 2. The van der Waals surface area contributed by atoms with Gasteiger partial charge < -0.3 is 33.2 Å². The van der Waals surface area contributed by atoms with E-state index in [0.29, 0.717) is 19.4 Å². The van der Waals surface area contributed by atoms with Crippen LogP contribution in [0.5, 0.6) is 0 Å². The molecule has 1 aliphatic rings. The molecule has 4 amide bonds. The van der Waals surface area contributed by atoms with Gasteiger partial charge in [-0.05, 0) is 12.8 Å². The molecule has 1 heterocycles. The molecule has 0 saturated carbocycles. The van der Waals surface area contributed by atoms with Crippen LogP contribution in [0.25, 0.3) is 0 Å². The highest BCUT2D eigenvalue weighted by molar-refractivity contribution is 5.95. The molecule has 12 nitrogen and oxygen atoms in total. The largest absolute Gasteiger partial charge is 0.370 e. The maximum Gasteiger partial charge on any atom is 0.318 e. The third-order valence-corrected chi connectivity index (χ3v) is 3.62. The smallest absolute Gasteiger partial charge is 0.318 e. The van der Waals surface area contributed by atoms with E-state index in [-0.39, 0.29) is 42.7 Å². The molecule has 0 spiro atoms. The fourth-order valence-corrected chi connectivity index (χ4v) is 2.33. The van der Waals surface area contributed by atoms with E-state index in [1.54, 1.807) is 0 Å². The van der Waals surface area contributed by atoms with Crippen molar-refractivity contribution in [3.8, 4) is 0 Å². The Balaban J connectivity index is 2.68. The highest BCUT2D eigenvalue weighted by atomic mass is 16.2. The summed E-state index contributed by atoms with van der Waals surface area (Å²) in [5.74, 6) is -0.775. The normalized spacial score (nSPS) is 21.3. The molecule has 0 aliphatic carbocycles. The van der Waals surface area contributed by atoms with Gasteiger partial charge in [0.25, 0.3) is 0 Å². The van der Waals surface area contributed by atoms with Gasteiger partial charge in [-0.2, -0.15) is 0 Å². The summed E-state index contributed by atoms with van der Waals surface area (Å²) >= 11 is 0. The van der Waals surface area contributed by atoms with Crippen LogP contribution in [0.2, 0.25) is 0 Å². The first-order valence-corrected chi connectivity index (χ1v) is 7.68. The Bertz CT molecular complexity index is 571. The number of hydrogen-bond donors (Lipinski definition) is 6. The summed E-state index contributed by atoms with van der Waals surface area (Å²) in [5, 5.41) is 4.90. The lowest BCUT2D eigenvalue weighted by molar-refractivity contribution is -0.135. The zero-order valence-electron chi connectivity index (χ0n) is 14.1. The number of amides is 4. The number of urea groups is 1. The number of nitrogens with two attached hydrogens (primary N) is 4. The minimum Gasteiger partial charge on any atom is -0.370 e. The van der Waals surface area contributed by atoms with Crippen molar-refractivity contribution in [3.63, 3.8) is 0 Å². The van der Waals surface area contributed by atoms with Gasteiger partial charge >= 0.3 is 6.03 Å². The molecule has 0 unspecified atom stereocenters. The van der Waals surface area contributed by atoms with Gasteiger partial charge in [0.2, 0.25) is 11.8 Å². The maximum absolute atomic E-state index is 12.4. The first-order chi connectivity index (χ1) is 11.7. The summed E-state index contributed by atoms with van der Waals surface area (Å²) in [6.07, 6.45) is 1.35. The Morgan fingerprint density at radius 1 is 1.28 bits per heavy atom. The van der Waals surface area contributed by atoms with Crippen molar-refractivity contribution in [1.29, 1.82) is 0 Å². The van der Waals surface area contributed by atoms with E-state index >= 15 is 0 Å². The molecule has 12 heteroatoms. The van der Waals surface area contributed by atoms with Crippen LogP contribution in [-0.4, -0.2) is 66.9 Å². The predicted octanol–water partition coefficient (Wildman–Crippen LogP) is -3.26. The second-order valence-corrected chi connectivity index (χ2v) is 5.59. The molecule has 2 atom stereocenters. The first kappa shape index (κ1) is 20.0. The van der Waals surface area contributed by atoms with E-state index in [1.807, 2.05) is 0 Å². The molecule has 1 rings (SSSR count). The SMILES string of the molecule is CN1C(=O)C[C@H](CCCN=C(N)N)NC(=O)[C@H]1CN=C(N)NC(N)=O. The van der Waals surface area contributed by atoms with E-state index in [2.05, 4.69) is 20.6 Å². The third-order valence-electron chi connectivity index (χ3n) is 3.62. The number of guanidine groups is 2. The summed E-state index contributed by atoms with van der Waals surface area (Å²) in [7, 11) is 1.52. The first-order valence-electron chi connectivity index (χ1n) is 7.68. The van der Waals surface area contributed by atoms with Crippen LogP contribution in [-0.2, 0) is 9.59 Å². The highest BCUT2D eigenvalue weighted by Crippen LogP contribution is 2.13. The molecule has 0 radical (unpaired) electrons. The number of hydrogen-bond acceptors (Lipinski definition) is 5. The second kappa shape index (κ2) is 9.30. The molecule has 1 fully saturated rings. The topological polar surface area (TPSA) is 207 Å². The standard InChI is InChI=1S/C13H25N9O3/c1-22-8(6-19-12(16)21-13(17)25)10(24)20-7(5-9(22)23)3-2-4-18-11(14)15/h7-8H,2-6H2,1H3,(H,20,24)(H4,14,15,18)(H5,16,17,19,21,25)/t7-,8+/m0/s1. The number of carbonyl (C=O) groups is 3. The fourth-order valence-electron chi connectivity index (χ4n) is 2.33. The van der Waals surface area contributed by atoms with Crippen LogP contribution in [0.1, 0.15) is 19.3 Å². The lowest BCUT2D eigenvalue weighted by atomic mass is 10.1. The van der Waals surface area contributed by atoms with Gasteiger partial charge in [0, 0.05) is 26.1 Å². The van der Waals surface area contributed by atoms with Crippen molar-refractivity contribution in [2.75, 3.05) is 20.1 Å². The van der Waals surface area contributed by atoms with Crippen LogP contribution in [0.3, 0.4) is 0 Å². The zero-order valence-corrected chi connectivity index (χ0v) is 14.1. The number of nitrogens with zero attached hydrogens (tertiary/aromatic N) is 3. The Kier molecular flexibility index (Phi) is 7.43. The monoisotopic (exact) mass is 355 g/mol. The Hall–Kier alpha value is -3.05. The average Bonchev–Trinajstić information content (AvgIpc) is 2.59. The summed E-state index contributed by atoms with van der Waals surface area (Å²) in [4.78, 5) is 44.3. The van der Waals surface area contributed by atoms with Crippen molar-refractivity contribution in [1.82, 2.24) is 15.5 Å². The summed E-state index contributed by atoms with van der Waals surface area (Å²) in [5.41, 5.74) is 20.9. The Morgan fingerprint density at radius 2 is 1.96 bits per heavy atom. The van der Waals surface area contributed by atoms with Crippen molar-refractivity contribution >= 4 is 29.8 Å². The minimum atomic E-state index is -0.864. The van der Waals surface area contributed by atoms with E-state index in [4.69, 9.17) is 22.9 Å². The molecule has 140 valence electrons. The quantitative estimate of drug-likeness (QED) is 0.163. The Morgan fingerprint density at radius 3 is 2.56 bits per heavy atom. The predicted molar refractivity (Wildman–Crippen MR) is 92.2 cm³/mol. The fraction of sp³-hybridized carbons (Fsp3) is 0.615.